The van der Waals surface area contributed by atoms with E-state index in [0.717, 1.165) is 5.56 Å². The summed E-state index contributed by atoms with van der Waals surface area (Å²) >= 11 is 1.52. The number of carbonyl (C=O) groups is 1. The molecule has 0 heterocycles. The van der Waals surface area contributed by atoms with Crippen LogP contribution in [0.15, 0.2) is 30.3 Å². The molecule has 1 nitrogen and oxygen atoms in total. The Balaban J connectivity index is 1.95. The van der Waals surface area contributed by atoms with Crippen LogP contribution in [0.2, 0.25) is 0 Å². The van der Waals surface area contributed by atoms with Gasteiger partial charge >= 0.3 is 0 Å². The lowest BCUT2D eigenvalue weighted by atomic mass is 10.2. The summed E-state index contributed by atoms with van der Waals surface area (Å²) in [6.07, 6.45) is 5.01. The fraction of sp³-hybridized carbons (Fsp3) is 0.417. The molecule has 0 bridgehead atoms. The monoisotopic (exact) mass is 206 g/mol. The van der Waals surface area contributed by atoms with Crippen molar-refractivity contribution in [2.45, 2.75) is 30.9 Å². The molecule has 0 N–H and O–H groups in total. The van der Waals surface area contributed by atoms with Crippen LogP contribution in [0.5, 0.6) is 0 Å². The number of hydrogen-bond acceptors (Lipinski definition) is 2. The normalized spacial score (nSPS) is 17.1. The topological polar surface area (TPSA) is 17.1 Å². The molecular weight excluding hydrogens is 192 g/mol. The molecule has 1 aromatic rings. The van der Waals surface area contributed by atoms with E-state index < -0.39 is 0 Å². The zero-order valence-electron chi connectivity index (χ0n) is 8.11. The maximum atomic E-state index is 11.8. The quantitative estimate of drug-likeness (QED) is 0.736. The highest BCUT2D eigenvalue weighted by Gasteiger charge is 2.19. The van der Waals surface area contributed by atoms with Crippen molar-refractivity contribution in [2.24, 2.45) is 0 Å². The van der Waals surface area contributed by atoms with Gasteiger partial charge in [-0.2, -0.15) is 0 Å². The van der Waals surface area contributed by atoms with Crippen molar-refractivity contribution in [3.05, 3.63) is 35.9 Å². The molecule has 0 aliphatic heterocycles. The average Bonchev–Trinajstić information content (AvgIpc) is 2.72. The number of rotatable bonds is 2. The van der Waals surface area contributed by atoms with Crippen LogP contribution in [0.4, 0.5) is 0 Å². The number of benzene rings is 1. The minimum atomic E-state index is 0.234. The van der Waals surface area contributed by atoms with Gasteiger partial charge in [0.2, 0.25) is 5.12 Å². The van der Waals surface area contributed by atoms with Gasteiger partial charge in [0.25, 0.3) is 0 Å². The van der Waals surface area contributed by atoms with Crippen molar-refractivity contribution in [1.82, 2.24) is 0 Å². The molecule has 14 heavy (non-hydrogen) atoms. The Morgan fingerprint density at radius 3 is 2.43 bits per heavy atom. The molecule has 0 unspecified atom stereocenters. The van der Waals surface area contributed by atoms with Gasteiger partial charge in [0.1, 0.15) is 0 Å². The second-order valence-electron chi connectivity index (χ2n) is 3.68. The predicted molar refractivity (Wildman–Crippen MR) is 60.6 cm³/mol. The molecule has 2 heteroatoms. The Labute approximate surface area is 88.9 Å². The lowest BCUT2D eigenvalue weighted by Crippen LogP contribution is -2.01. The first-order valence-corrected chi connectivity index (χ1v) is 6.00. The van der Waals surface area contributed by atoms with Crippen LogP contribution in [0, 0.1) is 0 Å². The van der Waals surface area contributed by atoms with E-state index in [2.05, 4.69) is 0 Å². The minimum Gasteiger partial charge on any atom is -0.282 e. The standard InChI is InChI=1S/C12H14OS/c13-12(10-6-2-1-3-7-10)14-11-8-4-5-9-11/h1-3,6-7,11H,4-5,8-9H2. The highest BCUT2D eigenvalue weighted by molar-refractivity contribution is 8.14. The van der Waals surface area contributed by atoms with Crippen molar-refractivity contribution >= 4 is 16.9 Å². The third kappa shape index (κ3) is 2.38. The Hall–Kier alpha value is -0.760. The molecule has 0 spiro atoms. The number of carbonyl (C=O) groups excluding carboxylic acids is 1. The van der Waals surface area contributed by atoms with E-state index in [1.54, 1.807) is 0 Å². The second-order valence-corrected chi connectivity index (χ2v) is 4.95. The molecule has 0 atom stereocenters. The molecule has 1 fully saturated rings. The molecule has 1 aliphatic carbocycles. The minimum absolute atomic E-state index is 0.234. The summed E-state index contributed by atoms with van der Waals surface area (Å²) < 4.78 is 0. The van der Waals surface area contributed by atoms with Crippen molar-refractivity contribution in [2.75, 3.05) is 0 Å². The average molecular weight is 206 g/mol. The maximum Gasteiger partial charge on any atom is 0.219 e. The van der Waals surface area contributed by atoms with Crippen molar-refractivity contribution in [3.63, 3.8) is 0 Å². The van der Waals surface area contributed by atoms with E-state index in [1.807, 2.05) is 30.3 Å². The van der Waals surface area contributed by atoms with Gasteiger partial charge in [0, 0.05) is 10.8 Å². The summed E-state index contributed by atoms with van der Waals surface area (Å²) in [6.45, 7) is 0. The maximum absolute atomic E-state index is 11.8. The van der Waals surface area contributed by atoms with Gasteiger partial charge in [-0.15, -0.1) is 0 Å². The van der Waals surface area contributed by atoms with E-state index in [-0.39, 0.29) is 5.12 Å². The van der Waals surface area contributed by atoms with Crippen molar-refractivity contribution in [3.8, 4) is 0 Å². The fourth-order valence-corrected chi connectivity index (χ4v) is 2.94. The third-order valence-electron chi connectivity index (χ3n) is 2.59. The van der Waals surface area contributed by atoms with E-state index >= 15 is 0 Å². The first kappa shape index (κ1) is 9.78. The van der Waals surface area contributed by atoms with Gasteiger partial charge in [-0.05, 0) is 12.8 Å². The number of thioether (sulfide) groups is 1. The van der Waals surface area contributed by atoms with Crippen LogP contribution in [0.3, 0.4) is 0 Å². The predicted octanol–water partition coefficient (Wildman–Crippen LogP) is 3.50. The van der Waals surface area contributed by atoms with Crippen LogP contribution >= 0.6 is 11.8 Å². The molecule has 2 rings (SSSR count). The highest BCUT2D eigenvalue weighted by Crippen LogP contribution is 2.31. The summed E-state index contributed by atoms with van der Waals surface area (Å²) in [6, 6.07) is 9.57. The summed E-state index contributed by atoms with van der Waals surface area (Å²) in [5, 5.41) is 0.806. The smallest absolute Gasteiger partial charge is 0.219 e. The van der Waals surface area contributed by atoms with Crippen LogP contribution < -0.4 is 0 Å². The molecule has 0 aromatic heterocycles. The van der Waals surface area contributed by atoms with Gasteiger partial charge in [-0.25, -0.2) is 0 Å². The zero-order chi connectivity index (χ0) is 9.80. The Morgan fingerprint density at radius 1 is 1.14 bits per heavy atom. The van der Waals surface area contributed by atoms with E-state index in [1.165, 1.54) is 37.4 Å². The van der Waals surface area contributed by atoms with Gasteiger partial charge in [0.15, 0.2) is 0 Å². The Morgan fingerprint density at radius 2 is 1.79 bits per heavy atom. The van der Waals surface area contributed by atoms with E-state index in [9.17, 15) is 4.79 Å². The summed E-state index contributed by atoms with van der Waals surface area (Å²) in [4.78, 5) is 11.8. The molecule has 74 valence electrons. The zero-order valence-corrected chi connectivity index (χ0v) is 8.93. The molecule has 1 aliphatic rings. The number of hydrogen-bond donors (Lipinski definition) is 0. The van der Waals surface area contributed by atoms with E-state index in [4.69, 9.17) is 0 Å². The Bertz CT molecular complexity index is 301. The third-order valence-corrected chi connectivity index (χ3v) is 3.84. The van der Waals surface area contributed by atoms with Crippen molar-refractivity contribution in [1.29, 1.82) is 0 Å². The van der Waals surface area contributed by atoms with Gasteiger partial charge in [-0.3, -0.25) is 4.79 Å². The molecule has 0 amide bonds. The van der Waals surface area contributed by atoms with Crippen LogP contribution in [-0.2, 0) is 0 Å². The summed E-state index contributed by atoms with van der Waals surface area (Å²) in [5.74, 6) is 0. The van der Waals surface area contributed by atoms with Gasteiger partial charge in [0.05, 0.1) is 0 Å². The SMILES string of the molecule is O=C(SC1CCCC1)c1ccccc1. The summed E-state index contributed by atoms with van der Waals surface area (Å²) in [5.41, 5.74) is 0.837. The van der Waals surface area contributed by atoms with E-state index in [0.29, 0.717) is 5.25 Å². The van der Waals surface area contributed by atoms with Crippen LogP contribution in [-0.4, -0.2) is 10.4 Å². The second kappa shape index (κ2) is 4.65. The van der Waals surface area contributed by atoms with Crippen LogP contribution in [0.1, 0.15) is 36.0 Å². The van der Waals surface area contributed by atoms with Gasteiger partial charge < -0.3 is 0 Å². The lowest BCUT2D eigenvalue weighted by Gasteiger charge is -2.06. The summed E-state index contributed by atoms with van der Waals surface area (Å²) in [7, 11) is 0. The molecule has 1 aromatic carbocycles. The highest BCUT2D eigenvalue weighted by atomic mass is 32.2. The van der Waals surface area contributed by atoms with Crippen molar-refractivity contribution < 1.29 is 4.79 Å². The first-order valence-electron chi connectivity index (χ1n) is 5.12. The molecule has 0 saturated heterocycles. The largest absolute Gasteiger partial charge is 0.282 e. The molecule has 1 saturated carbocycles. The molecule has 0 radical (unpaired) electrons. The first-order chi connectivity index (χ1) is 6.86. The lowest BCUT2D eigenvalue weighted by molar-refractivity contribution is 0.108. The fourth-order valence-electron chi connectivity index (χ4n) is 1.80. The van der Waals surface area contributed by atoms with Crippen LogP contribution in [0.25, 0.3) is 0 Å². The Kier molecular flexibility index (Phi) is 3.25. The van der Waals surface area contributed by atoms with Gasteiger partial charge in [-0.1, -0.05) is 54.9 Å². The molecular formula is C12H14OS.